The summed E-state index contributed by atoms with van der Waals surface area (Å²) in [5.74, 6) is 0.632. The quantitative estimate of drug-likeness (QED) is 0.671. The number of nitrogens with two attached hydrogens (primary N) is 1. The van der Waals surface area contributed by atoms with Crippen LogP contribution >= 0.6 is 0 Å². The van der Waals surface area contributed by atoms with E-state index >= 15 is 0 Å². The van der Waals surface area contributed by atoms with E-state index in [1.54, 1.807) is 12.1 Å². The van der Waals surface area contributed by atoms with Crippen molar-refractivity contribution in [2.45, 2.75) is 32.7 Å². The van der Waals surface area contributed by atoms with Gasteiger partial charge < -0.3 is 10.6 Å². The first kappa shape index (κ1) is 13.8. The summed E-state index contributed by atoms with van der Waals surface area (Å²) in [6.07, 6.45) is 2.06. The molecule has 1 aliphatic heterocycles. The average Bonchev–Trinajstić information content (AvgIpc) is 2.38. The predicted octanol–water partition coefficient (Wildman–Crippen LogP) is 2.47. The molecule has 0 aromatic heterocycles. The van der Waals surface area contributed by atoms with E-state index < -0.39 is 0 Å². The molecule has 19 heavy (non-hydrogen) atoms. The smallest absolute Gasteiger partial charge is 0.292 e. The number of hydrogen-bond acceptors (Lipinski definition) is 4. The van der Waals surface area contributed by atoms with Crippen molar-refractivity contribution in [2.75, 3.05) is 18.0 Å². The van der Waals surface area contributed by atoms with E-state index in [0.717, 1.165) is 30.6 Å². The zero-order valence-electron chi connectivity index (χ0n) is 11.5. The molecule has 1 heterocycles. The number of benzene rings is 1. The Morgan fingerprint density at radius 1 is 1.53 bits per heavy atom. The standard InChI is InChI=1S/C14H21N3O2/c1-10-6-7-16(12(8-10)9-15)14-11(2)4-3-5-13(14)17(18)19/h3-5,10,12H,6-9,15H2,1-2H3. The minimum atomic E-state index is -0.298. The van der Waals surface area contributed by atoms with Crippen molar-refractivity contribution in [1.82, 2.24) is 0 Å². The number of hydrogen-bond donors (Lipinski definition) is 1. The van der Waals surface area contributed by atoms with Gasteiger partial charge in [0.15, 0.2) is 0 Å². The van der Waals surface area contributed by atoms with Gasteiger partial charge in [0.2, 0.25) is 0 Å². The molecule has 0 bridgehead atoms. The second-order valence-electron chi connectivity index (χ2n) is 5.41. The molecule has 1 fully saturated rings. The van der Waals surface area contributed by atoms with Gasteiger partial charge in [0.1, 0.15) is 5.69 Å². The number of aryl methyl sites for hydroxylation is 1. The number of para-hydroxylation sites is 1. The molecule has 0 amide bonds. The minimum absolute atomic E-state index is 0.188. The lowest BCUT2D eigenvalue weighted by molar-refractivity contribution is -0.384. The number of nitro groups is 1. The van der Waals surface area contributed by atoms with Crippen LogP contribution in [0.4, 0.5) is 11.4 Å². The van der Waals surface area contributed by atoms with Gasteiger partial charge >= 0.3 is 0 Å². The van der Waals surface area contributed by atoms with Crippen LogP contribution in [0.25, 0.3) is 0 Å². The normalized spacial score (nSPS) is 23.4. The summed E-state index contributed by atoms with van der Waals surface area (Å²) in [5, 5.41) is 11.2. The SMILES string of the molecule is Cc1cccc([N+](=O)[O-])c1N1CCC(C)CC1CN. The van der Waals surface area contributed by atoms with Crippen LogP contribution in [0.1, 0.15) is 25.3 Å². The van der Waals surface area contributed by atoms with Crippen LogP contribution in [-0.4, -0.2) is 24.1 Å². The van der Waals surface area contributed by atoms with Gasteiger partial charge in [0.05, 0.1) is 4.92 Å². The molecule has 2 unspecified atom stereocenters. The molecule has 2 atom stereocenters. The second kappa shape index (κ2) is 5.57. The summed E-state index contributed by atoms with van der Waals surface area (Å²) in [5.41, 5.74) is 7.74. The fourth-order valence-electron chi connectivity index (χ4n) is 2.93. The average molecular weight is 263 g/mol. The van der Waals surface area contributed by atoms with E-state index in [2.05, 4.69) is 11.8 Å². The van der Waals surface area contributed by atoms with Crippen molar-refractivity contribution in [1.29, 1.82) is 0 Å². The first-order chi connectivity index (χ1) is 9.04. The molecule has 0 spiro atoms. The molecule has 1 aliphatic rings. The molecular formula is C14H21N3O2. The third-order valence-electron chi connectivity index (χ3n) is 3.95. The molecule has 1 aromatic rings. The summed E-state index contributed by atoms with van der Waals surface area (Å²) in [4.78, 5) is 13.1. The van der Waals surface area contributed by atoms with Gasteiger partial charge in [-0.05, 0) is 31.2 Å². The molecule has 0 saturated carbocycles. The van der Waals surface area contributed by atoms with Crippen LogP contribution in [0.15, 0.2) is 18.2 Å². The summed E-state index contributed by atoms with van der Waals surface area (Å²) in [6, 6.07) is 5.44. The van der Waals surface area contributed by atoms with Gasteiger partial charge in [-0.25, -0.2) is 0 Å². The largest absolute Gasteiger partial charge is 0.361 e. The van der Waals surface area contributed by atoms with Gasteiger partial charge in [-0.3, -0.25) is 10.1 Å². The van der Waals surface area contributed by atoms with Crippen LogP contribution < -0.4 is 10.6 Å². The number of anilines is 1. The Morgan fingerprint density at radius 3 is 2.89 bits per heavy atom. The van der Waals surface area contributed by atoms with Crippen LogP contribution in [-0.2, 0) is 0 Å². The minimum Gasteiger partial charge on any atom is -0.361 e. The predicted molar refractivity (Wildman–Crippen MR) is 76.4 cm³/mol. The van der Waals surface area contributed by atoms with Gasteiger partial charge in [-0.1, -0.05) is 19.1 Å². The highest BCUT2D eigenvalue weighted by Gasteiger charge is 2.30. The van der Waals surface area contributed by atoms with Gasteiger partial charge in [0, 0.05) is 25.2 Å². The maximum Gasteiger partial charge on any atom is 0.292 e. The molecule has 2 N–H and O–H groups in total. The zero-order valence-corrected chi connectivity index (χ0v) is 11.5. The molecular weight excluding hydrogens is 242 g/mol. The maximum absolute atomic E-state index is 11.2. The van der Waals surface area contributed by atoms with Crippen molar-refractivity contribution in [3.63, 3.8) is 0 Å². The van der Waals surface area contributed by atoms with Crippen LogP contribution in [0, 0.1) is 23.0 Å². The van der Waals surface area contributed by atoms with Crippen molar-refractivity contribution in [3.05, 3.63) is 33.9 Å². The third-order valence-corrected chi connectivity index (χ3v) is 3.95. The zero-order chi connectivity index (χ0) is 14.0. The van der Waals surface area contributed by atoms with Crippen molar-refractivity contribution in [2.24, 2.45) is 11.7 Å². The monoisotopic (exact) mass is 263 g/mol. The van der Waals surface area contributed by atoms with E-state index in [1.165, 1.54) is 0 Å². The lowest BCUT2D eigenvalue weighted by Crippen LogP contribution is -2.46. The molecule has 5 heteroatoms. The Hall–Kier alpha value is -1.62. The lowest BCUT2D eigenvalue weighted by atomic mass is 9.91. The Bertz CT molecular complexity index is 476. The summed E-state index contributed by atoms with van der Waals surface area (Å²) in [7, 11) is 0. The fraction of sp³-hybridized carbons (Fsp3) is 0.571. The van der Waals surface area contributed by atoms with E-state index in [4.69, 9.17) is 5.73 Å². The molecule has 2 rings (SSSR count). The fourth-order valence-corrected chi connectivity index (χ4v) is 2.93. The molecule has 1 saturated heterocycles. The second-order valence-corrected chi connectivity index (χ2v) is 5.41. The van der Waals surface area contributed by atoms with Crippen LogP contribution in [0.5, 0.6) is 0 Å². The number of piperidine rings is 1. The molecule has 1 aromatic carbocycles. The molecule has 5 nitrogen and oxygen atoms in total. The van der Waals surface area contributed by atoms with Crippen molar-refractivity contribution >= 4 is 11.4 Å². The Kier molecular flexibility index (Phi) is 4.04. The molecule has 0 aliphatic carbocycles. The maximum atomic E-state index is 11.2. The molecule has 104 valence electrons. The van der Waals surface area contributed by atoms with E-state index in [9.17, 15) is 10.1 Å². The highest BCUT2D eigenvalue weighted by atomic mass is 16.6. The van der Waals surface area contributed by atoms with E-state index in [-0.39, 0.29) is 16.7 Å². The molecule has 0 radical (unpaired) electrons. The van der Waals surface area contributed by atoms with Gasteiger partial charge in [0.25, 0.3) is 5.69 Å². The van der Waals surface area contributed by atoms with Crippen LogP contribution in [0.2, 0.25) is 0 Å². The highest BCUT2D eigenvalue weighted by molar-refractivity contribution is 5.68. The Balaban J connectivity index is 2.42. The Labute approximate surface area is 113 Å². The topological polar surface area (TPSA) is 72.4 Å². The summed E-state index contributed by atoms with van der Waals surface area (Å²) in [6.45, 7) is 5.52. The third kappa shape index (κ3) is 2.71. The number of rotatable bonds is 3. The first-order valence-electron chi connectivity index (χ1n) is 6.75. The van der Waals surface area contributed by atoms with Crippen molar-refractivity contribution in [3.8, 4) is 0 Å². The summed E-state index contributed by atoms with van der Waals surface area (Å²) >= 11 is 0. The first-order valence-corrected chi connectivity index (χ1v) is 6.75. The lowest BCUT2D eigenvalue weighted by Gasteiger charge is -2.39. The Morgan fingerprint density at radius 2 is 2.26 bits per heavy atom. The van der Waals surface area contributed by atoms with Crippen molar-refractivity contribution < 1.29 is 4.92 Å². The van der Waals surface area contributed by atoms with Gasteiger partial charge in [-0.15, -0.1) is 0 Å². The van der Waals surface area contributed by atoms with Crippen LogP contribution in [0.3, 0.4) is 0 Å². The number of nitro benzene ring substituents is 1. The van der Waals surface area contributed by atoms with Gasteiger partial charge in [-0.2, -0.15) is 0 Å². The number of nitrogens with zero attached hydrogens (tertiary/aromatic N) is 2. The highest BCUT2D eigenvalue weighted by Crippen LogP contribution is 2.36. The van der Waals surface area contributed by atoms with E-state index in [1.807, 2.05) is 13.0 Å². The van der Waals surface area contributed by atoms with E-state index in [0.29, 0.717) is 12.5 Å². The summed E-state index contributed by atoms with van der Waals surface area (Å²) < 4.78 is 0.